The summed E-state index contributed by atoms with van der Waals surface area (Å²) in [5.41, 5.74) is 0.445. The van der Waals surface area contributed by atoms with Crippen LogP contribution in [0.4, 0.5) is 5.13 Å². The molecule has 2 saturated carbocycles. The molecule has 14 heteroatoms. The molecule has 2 aliphatic heterocycles. The number of nitrogens with zero attached hydrogens (tertiary/aromatic N) is 3. The highest BCUT2D eigenvalue weighted by Gasteiger charge is 2.62. The number of sulfonamides is 1. The third kappa shape index (κ3) is 6.96. The van der Waals surface area contributed by atoms with E-state index in [1.807, 2.05) is 25.3 Å². The van der Waals surface area contributed by atoms with Crippen LogP contribution < -0.4 is 20.1 Å². The van der Waals surface area contributed by atoms with Crippen LogP contribution in [0.1, 0.15) is 77.5 Å². The first-order chi connectivity index (χ1) is 24.2. The van der Waals surface area contributed by atoms with E-state index >= 15 is 0 Å². The van der Waals surface area contributed by atoms with Crippen LogP contribution in [0, 0.1) is 11.8 Å². The average molecular weight is 735 g/mol. The van der Waals surface area contributed by atoms with E-state index in [0.717, 1.165) is 41.3 Å². The van der Waals surface area contributed by atoms with Gasteiger partial charge < -0.3 is 20.3 Å². The Bertz CT molecular complexity index is 1990. The first-order valence-electron chi connectivity index (χ1n) is 17.8. The van der Waals surface area contributed by atoms with E-state index < -0.39 is 56.7 Å². The third-order valence-corrected chi connectivity index (χ3v) is 13.4. The van der Waals surface area contributed by atoms with E-state index in [4.69, 9.17) is 9.72 Å². The number of nitrogens with one attached hydrogen (secondary N) is 3. The second-order valence-electron chi connectivity index (χ2n) is 15.5. The number of fused-ring (bicyclic) bond motifs is 5. The zero-order chi connectivity index (χ0) is 36.3. The number of hydrogen-bond donors (Lipinski definition) is 3. The molecule has 3 fully saturated rings. The Hall–Kier alpha value is -4.04. The van der Waals surface area contributed by atoms with E-state index in [0.29, 0.717) is 23.9 Å². The van der Waals surface area contributed by atoms with Crippen LogP contribution in [-0.2, 0) is 36.2 Å². The fourth-order valence-electron chi connectivity index (χ4n) is 7.33. The standard InChI is InChI=1S/C37H46N6O6S2/c1-6-24-18-37(24,34(46)42-51(47,48)26-11-12-26)41-31(44)28-17-25-19-43(28)33(45)30(21(2)3)40-35-39-29(20-50-35)36(4,5)14-7-8-22-9-10-23-13-15-38-32(49-25)27(23)16-22/h6,9-10,13,15-16,20-21,24-26,28,30H,1,7-8,11-12,14,17-19H2,2-5H3,(H,39,40)(H,41,44)(H,42,46)/t24-,25-,28+,30+,37-/m1/s1. The minimum Gasteiger partial charge on any atom is -0.472 e. The summed E-state index contributed by atoms with van der Waals surface area (Å²) in [6.07, 6.45) is 6.73. The molecule has 4 heterocycles. The molecule has 0 unspecified atom stereocenters. The van der Waals surface area contributed by atoms with E-state index in [1.54, 1.807) is 12.3 Å². The molecule has 5 atom stereocenters. The van der Waals surface area contributed by atoms with Crippen molar-refractivity contribution in [2.75, 3.05) is 11.9 Å². The Labute approximate surface area is 302 Å². The van der Waals surface area contributed by atoms with E-state index in [9.17, 15) is 22.8 Å². The summed E-state index contributed by atoms with van der Waals surface area (Å²) in [7, 11) is -3.85. The first-order valence-corrected chi connectivity index (χ1v) is 20.2. The summed E-state index contributed by atoms with van der Waals surface area (Å²) in [5, 5.41) is 10.1. The second kappa shape index (κ2) is 13.2. The lowest BCUT2D eigenvalue weighted by atomic mass is 9.84. The second-order valence-corrected chi connectivity index (χ2v) is 18.3. The largest absolute Gasteiger partial charge is 0.472 e. The number of carbonyl (C=O) groups excluding carboxylic acids is 3. The molecular formula is C37H46N6O6S2. The van der Waals surface area contributed by atoms with Crippen molar-refractivity contribution < 1.29 is 27.5 Å². The topological polar surface area (TPSA) is 160 Å². The molecule has 12 nitrogen and oxygen atoms in total. The maximum absolute atomic E-state index is 14.5. The van der Waals surface area contributed by atoms with Crippen LogP contribution in [0.5, 0.6) is 5.88 Å². The van der Waals surface area contributed by atoms with Gasteiger partial charge in [-0.3, -0.25) is 19.1 Å². The summed E-state index contributed by atoms with van der Waals surface area (Å²) in [4.78, 5) is 53.3. The summed E-state index contributed by atoms with van der Waals surface area (Å²) >= 11 is 1.45. The maximum Gasteiger partial charge on any atom is 0.259 e. The van der Waals surface area contributed by atoms with Crippen LogP contribution in [0.15, 0.2) is 48.5 Å². The number of anilines is 1. The van der Waals surface area contributed by atoms with Crippen molar-refractivity contribution in [2.24, 2.45) is 11.8 Å². The number of rotatable bonds is 7. The van der Waals surface area contributed by atoms with Crippen molar-refractivity contribution in [3.8, 4) is 5.88 Å². The molecule has 2 aromatic heterocycles. The van der Waals surface area contributed by atoms with Gasteiger partial charge in [-0.05, 0) is 67.5 Å². The summed E-state index contributed by atoms with van der Waals surface area (Å²) in [6.45, 7) is 12.2. The van der Waals surface area contributed by atoms with Gasteiger partial charge in [-0.25, -0.2) is 18.4 Å². The Kier molecular flexibility index (Phi) is 9.14. The lowest BCUT2D eigenvalue weighted by molar-refractivity contribution is -0.140. The van der Waals surface area contributed by atoms with Gasteiger partial charge in [-0.15, -0.1) is 17.9 Å². The molecule has 2 aliphatic carbocycles. The normalized spacial score (nSPS) is 27.6. The van der Waals surface area contributed by atoms with Gasteiger partial charge in [-0.1, -0.05) is 45.9 Å². The van der Waals surface area contributed by atoms with Gasteiger partial charge in [0, 0.05) is 34.7 Å². The number of aromatic nitrogens is 2. The minimum atomic E-state index is -3.85. The third-order valence-electron chi connectivity index (χ3n) is 10.8. The van der Waals surface area contributed by atoms with Crippen molar-refractivity contribution in [2.45, 2.75) is 107 Å². The molecule has 0 radical (unpaired) electrons. The molecule has 0 spiro atoms. The number of amides is 3. The molecule has 7 rings (SSSR count). The van der Waals surface area contributed by atoms with Crippen molar-refractivity contribution >= 4 is 55.0 Å². The van der Waals surface area contributed by atoms with Gasteiger partial charge >= 0.3 is 0 Å². The van der Waals surface area contributed by atoms with Crippen molar-refractivity contribution in [3.63, 3.8) is 0 Å². The van der Waals surface area contributed by atoms with E-state index in [1.165, 1.54) is 16.2 Å². The van der Waals surface area contributed by atoms with Crippen LogP contribution in [0.3, 0.4) is 0 Å². The molecule has 51 heavy (non-hydrogen) atoms. The lowest BCUT2D eigenvalue weighted by Gasteiger charge is -2.31. The fraction of sp³-hybridized carbons (Fsp3) is 0.541. The molecule has 272 valence electrons. The highest BCUT2D eigenvalue weighted by molar-refractivity contribution is 7.91. The molecule has 4 aliphatic rings. The van der Waals surface area contributed by atoms with Gasteiger partial charge in [0.15, 0.2) is 5.13 Å². The Morgan fingerprint density at radius 1 is 1.22 bits per heavy atom. The van der Waals surface area contributed by atoms with Crippen LogP contribution in [0.2, 0.25) is 0 Å². The Morgan fingerprint density at radius 3 is 2.71 bits per heavy atom. The van der Waals surface area contributed by atoms with Gasteiger partial charge in [-0.2, -0.15) is 0 Å². The molecule has 3 N–H and O–H groups in total. The summed E-state index contributed by atoms with van der Waals surface area (Å²) in [6, 6.07) is 6.52. The van der Waals surface area contributed by atoms with Crippen LogP contribution in [-0.4, -0.2) is 76.5 Å². The molecule has 3 aromatic rings. The maximum atomic E-state index is 14.5. The number of aryl methyl sites for hydroxylation is 1. The number of thiazole rings is 1. The monoisotopic (exact) mass is 734 g/mol. The number of hydrogen-bond acceptors (Lipinski definition) is 10. The number of ether oxygens (including phenoxy) is 1. The quantitative estimate of drug-likeness (QED) is 0.298. The minimum absolute atomic E-state index is 0.107. The first kappa shape index (κ1) is 35.4. The number of benzene rings is 1. The smallest absolute Gasteiger partial charge is 0.259 e. The Balaban J connectivity index is 1.23. The van der Waals surface area contributed by atoms with Crippen molar-refractivity contribution in [1.29, 1.82) is 0 Å². The SMILES string of the molecule is C=C[C@@H]1C[C@]1(NC(=O)[C@@H]1C[C@@H]2CN1C(=O)[C@H](C(C)C)Nc1nc(cs1)C(C)(C)CCCc1ccc3ccnc(c3c1)O2)C(=O)NS(=O)(=O)C1CC1. The van der Waals surface area contributed by atoms with Crippen molar-refractivity contribution in [1.82, 2.24) is 24.9 Å². The van der Waals surface area contributed by atoms with Crippen LogP contribution >= 0.6 is 11.3 Å². The highest BCUT2D eigenvalue weighted by atomic mass is 32.2. The zero-order valence-electron chi connectivity index (χ0n) is 29.5. The van der Waals surface area contributed by atoms with Gasteiger partial charge in [0.2, 0.25) is 27.7 Å². The number of pyridine rings is 1. The molecule has 1 saturated heterocycles. The van der Waals surface area contributed by atoms with Gasteiger partial charge in [0.25, 0.3) is 5.91 Å². The zero-order valence-corrected chi connectivity index (χ0v) is 31.1. The molecule has 3 amide bonds. The molecule has 6 bridgehead atoms. The molecule has 1 aromatic carbocycles. The van der Waals surface area contributed by atoms with Crippen LogP contribution in [0.25, 0.3) is 10.8 Å². The highest BCUT2D eigenvalue weighted by Crippen LogP contribution is 2.45. The van der Waals surface area contributed by atoms with Gasteiger partial charge in [0.05, 0.1) is 17.5 Å². The lowest BCUT2D eigenvalue weighted by Crippen LogP contribution is -2.58. The fourth-order valence-corrected chi connectivity index (χ4v) is 9.63. The summed E-state index contributed by atoms with van der Waals surface area (Å²) in [5.74, 6) is -1.84. The van der Waals surface area contributed by atoms with Gasteiger partial charge in [0.1, 0.15) is 23.7 Å². The molecular weight excluding hydrogens is 689 g/mol. The Morgan fingerprint density at radius 2 is 2.00 bits per heavy atom. The van der Waals surface area contributed by atoms with Crippen molar-refractivity contribution in [3.05, 3.63) is 59.8 Å². The average Bonchev–Trinajstić information content (AvgIpc) is 3.97. The number of carbonyl (C=O) groups is 3. The predicted molar refractivity (Wildman–Crippen MR) is 196 cm³/mol. The predicted octanol–water partition coefficient (Wildman–Crippen LogP) is 4.46. The van der Waals surface area contributed by atoms with E-state index in [-0.39, 0.29) is 36.6 Å². The summed E-state index contributed by atoms with van der Waals surface area (Å²) < 4.78 is 34.1. The van der Waals surface area contributed by atoms with E-state index in [2.05, 4.69) is 59.0 Å².